The van der Waals surface area contributed by atoms with Gasteiger partial charge in [-0.05, 0) is 107 Å². The molecule has 1 unspecified atom stereocenters. The van der Waals surface area contributed by atoms with Crippen LogP contribution in [-0.4, -0.2) is 0 Å². The van der Waals surface area contributed by atoms with Gasteiger partial charge in [0.25, 0.3) is 0 Å². The Labute approximate surface area is 276 Å². The molecule has 45 heavy (non-hydrogen) atoms. The number of allylic oxidation sites excluding steroid dienone is 3. The van der Waals surface area contributed by atoms with E-state index in [4.69, 9.17) is 12.6 Å². The van der Waals surface area contributed by atoms with Crippen molar-refractivity contribution in [1.82, 2.24) is 0 Å². The van der Waals surface area contributed by atoms with Crippen molar-refractivity contribution in [3.05, 3.63) is 148 Å². The monoisotopic (exact) mass is 614 g/mol. The van der Waals surface area contributed by atoms with Gasteiger partial charge in [-0.1, -0.05) is 134 Å². The predicted molar refractivity (Wildman–Crippen MR) is 201 cm³/mol. The van der Waals surface area contributed by atoms with Crippen molar-refractivity contribution in [3.63, 3.8) is 0 Å². The highest BCUT2D eigenvalue weighted by molar-refractivity contribution is 7.84. The maximum absolute atomic E-state index is 4.74. The fourth-order valence-electron chi connectivity index (χ4n) is 7.59. The number of rotatable bonds is 4. The SMILES string of the molecule is CC1(c2c3ccccc3c(-c3ccc(S)cc3)c3c(-c4ccccc4)c4c(c(-c5ccccc5)c23)=CCCC=4)C=CC(S)=CC1. The first kappa shape index (κ1) is 28.2. The number of benzene rings is 6. The highest BCUT2D eigenvalue weighted by atomic mass is 32.1. The molecule has 6 aromatic rings. The zero-order chi connectivity index (χ0) is 30.5. The molecular formula is C43H34S2. The summed E-state index contributed by atoms with van der Waals surface area (Å²) in [7, 11) is 0. The van der Waals surface area contributed by atoms with Gasteiger partial charge in [-0.2, -0.15) is 0 Å². The molecule has 6 aromatic carbocycles. The minimum atomic E-state index is -0.234. The molecule has 0 spiro atoms. The Bertz CT molecular complexity index is 2290. The molecule has 2 heteroatoms. The Kier molecular flexibility index (Phi) is 7.08. The van der Waals surface area contributed by atoms with E-state index in [9.17, 15) is 0 Å². The van der Waals surface area contributed by atoms with Gasteiger partial charge in [0.1, 0.15) is 0 Å². The third-order valence-corrected chi connectivity index (χ3v) is 10.2. The summed E-state index contributed by atoms with van der Waals surface area (Å²) in [4.78, 5) is 1.99. The lowest BCUT2D eigenvalue weighted by Gasteiger charge is -2.34. The average molecular weight is 615 g/mol. The van der Waals surface area contributed by atoms with Crippen LogP contribution in [0.15, 0.2) is 137 Å². The van der Waals surface area contributed by atoms with Gasteiger partial charge in [-0.25, -0.2) is 0 Å². The van der Waals surface area contributed by atoms with Crippen LogP contribution in [0.25, 0.3) is 67.1 Å². The Hall–Kier alpha value is -4.24. The molecule has 1 atom stereocenters. The highest BCUT2D eigenvalue weighted by Crippen LogP contribution is 2.50. The van der Waals surface area contributed by atoms with Gasteiger partial charge >= 0.3 is 0 Å². The lowest BCUT2D eigenvalue weighted by Crippen LogP contribution is -2.33. The molecule has 0 radical (unpaired) electrons. The van der Waals surface area contributed by atoms with Crippen LogP contribution in [0.2, 0.25) is 0 Å². The third kappa shape index (κ3) is 4.71. The second-order valence-electron chi connectivity index (χ2n) is 12.5. The van der Waals surface area contributed by atoms with E-state index in [1.165, 1.54) is 70.9 Å². The molecule has 2 aliphatic carbocycles. The number of hydrogen-bond acceptors (Lipinski definition) is 2. The molecule has 0 N–H and O–H groups in total. The second-order valence-corrected chi connectivity index (χ2v) is 13.5. The maximum atomic E-state index is 4.74. The minimum Gasteiger partial charge on any atom is -0.144 e. The first-order chi connectivity index (χ1) is 22.0. The van der Waals surface area contributed by atoms with Crippen LogP contribution in [-0.2, 0) is 5.41 Å². The molecule has 0 aliphatic heterocycles. The van der Waals surface area contributed by atoms with E-state index in [2.05, 4.69) is 159 Å². The van der Waals surface area contributed by atoms with Gasteiger partial charge < -0.3 is 0 Å². The smallest absolute Gasteiger partial charge is 0.0154 e. The lowest BCUT2D eigenvalue weighted by molar-refractivity contribution is 0.609. The number of hydrogen-bond donors (Lipinski definition) is 2. The summed E-state index contributed by atoms with van der Waals surface area (Å²) in [6.07, 6.45) is 14.8. The molecule has 8 rings (SSSR count). The summed E-state index contributed by atoms with van der Waals surface area (Å²) in [5.41, 5.74) is 8.80. The predicted octanol–water partition coefficient (Wildman–Crippen LogP) is 10.7. The van der Waals surface area contributed by atoms with Gasteiger partial charge in [0.15, 0.2) is 0 Å². The van der Waals surface area contributed by atoms with E-state index in [0.29, 0.717) is 0 Å². The van der Waals surface area contributed by atoms with E-state index in [0.717, 1.165) is 29.1 Å². The molecule has 0 saturated heterocycles. The van der Waals surface area contributed by atoms with Crippen LogP contribution in [0.4, 0.5) is 0 Å². The maximum Gasteiger partial charge on any atom is 0.0154 e. The Morgan fingerprint density at radius 1 is 0.533 bits per heavy atom. The molecule has 0 nitrogen and oxygen atoms in total. The summed E-state index contributed by atoms with van der Waals surface area (Å²) in [5.74, 6) is 0. The first-order valence-electron chi connectivity index (χ1n) is 15.8. The molecule has 218 valence electrons. The van der Waals surface area contributed by atoms with Crippen LogP contribution >= 0.6 is 25.3 Å². The summed E-state index contributed by atoms with van der Waals surface area (Å²) in [5, 5.41) is 7.93. The molecule has 0 heterocycles. The zero-order valence-electron chi connectivity index (χ0n) is 25.3. The third-order valence-electron chi connectivity index (χ3n) is 9.62. The molecule has 0 saturated carbocycles. The van der Waals surface area contributed by atoms with Crippen molar-refractivity contribution < 1.29 is 0 Å². The second kappa shape index (κ2) is 11.3. The van der Waals surface area contributed by atoms with Crippen molar-refractivity contribution in [2.24, 2.45) is 0 Å². The van der Waals surface area contributed by atoms with Gasteiger partial charge in [0.2, 0.25) is 0 Å². The summed E-state index contributed by atoms with van der Waals surface area (Å²) < 4.78 is 0. The van der Waals surface area contributed by atoms with Crippen molar-refractivity contribution in [3.8, 4) is 33.4 Å². The summed E-state index contributed by atoms with van der Waals surface area (Å²) >= 11 is 9.41. The lowest BCUT2D eigenvalue weighted by atomic mass is 9.69. The molecule has 0 fully saturated rings. The van der Waals surface area contributed by atoms with Crippen molar-refractivity contribution in [1.29, 1.82) is 0 Å². The summed E-state index contributed by atoms with van der Waals surface area (Å²) in [6, 6.07) is 39.9. The fourth-order valence-corrected chi connectivity index (χ4v) is 7.91. The number of thiol groups is 2. The van der Waals surface area contributed by atoms with Gasteiger partial charge in [-0.3, -0.25) is 0 Å². The fraction of sp³-hybridized carbons (Fsp3) is 0.116. The normalized spacial score (nSPS) is 17.4. The van der Waals surface area contributed by atoms with Gasteiger partial charge in [0.05, 0.1) is 0 Å². The molecule has 2 aliphatic rings. The van der Waals surface area contributed by atoms with E-state index in [1.807, 2.05) is 0 Å². The largest absolute Gasteiger partial charge is 0.144 e. The topological polar surface area (TPSA) is 0 Å². The molecule has 0 amide bonds. The van der Waals surface area contributed by atoms with Crippen molar-refractivity contribution in [2.45, 2.75) is 36.5 Å². The first-order valence-corrected chi connectivity index (χ1v) is 16.7. The quantitative estimate of drug-likeness (QED) is 0.143. The Balaban J connectivity index is 1.74. The van der Waals surface area contributed by atoms with Crippen LogP contribution in [0, 0.1) is 0 Å². The summed E-state index contributed by atoms with van der Waals surface area (Å²) in [6.45, 7) is 2.41. The van der Waals surface area contributed by atoms with Crippen LogP contribution < -0.4 is 10.4 Å². The van der Waals surface area contributed by atoms with Gasteiger partial charge in [-0.15, -0.1) is 25.3 Å². The Morgan fingerprint density at radius 2 is 1.07 bits per heavy atom. The van der Waals surface area contributed by atoms with Crippen LogP contribution in [0.3, 0.4) is 0 Å². The van der Waals surface area contributed by atoms with Crippen LogP contribution in [0.5, 0.6) is 0 Å². The van der Waals surface area contributed by atoms with E-state index in [-0.39, 0.29) is 5.41 Å². The standard InChI is InChI=1S/C43H34S2/c1-43(26-24-32(45)25-27-43)42-36-19-11-10-18-35(36)38(30-20-22-31(44)23-21-30)40-37(28-12-4-2-5-13-28)33-16-8-9-17-34(33)39(41(40)42)29-14-6-3-7-15-29/h2-7,10-26,44-45H,8-9,27H2,1H3. The van der Waals surface area contributed by atoms with Crippen LogP contribution in [0.1, 0.15) is 31.7 Å². The molecule has 0 bridgehead atoms. The van der Waals surface area contributed by atoms with Crippen molar-refractivity contribution >= 4 is 59.0 Å². The molecular weight excluding hydrogens is 581 g/mol. The number of fused-ring (bicyclic) bond motifs is 3. The molecule has 0 aromatic heterocycles. The average Bonchev–Trinajstić information content (AvgIpc) is 3.09. The van der Waals surface area contributed by atoms with E-state index < -0.39 is 0 Å². The zero-order valence-corrected chi connectivity index (χ0v) is 27.1. The van der Waals surface area contributed by atoms with E-state index in [1.54, 1.807) is 0 Å². The van der Waals surface area contributed by atoms with E-state index >= 15 is 0 Å². The Morgan fingerprint density at radius 3 is 1.64 bits per heavy atom. The highest BCUT2D eigenvalue weighted by Gasteiger charge is 2.33. The van der Waals surface area contributed by atoms with Gasteiger partial charge in [0, 0.05) is 10.3 Å². The van der Waals surface area contributed by atoms with Crippen molar-refractivity contribution in [2.75, 3.05) is 0 Å². The minimum absolute atomic E-state index is 0.234.